The van der Waals surface area contributed by atoms with E-state index in [4.69, 9.17) is 19.9 Å². The summed E-state index contributed by atoms with van der Waals surface area (Å²) in [5, 5.41) is 12.5. The van der Waals surface area contributed by atoms with Gasteiger partial charge in [0, 0.05) is 0 Å². The van der Waals surface area contributed by atoms with Crippen LogP contribution in [0.25, 0.3) is 116 Å². The molecule has 6 heterocycles. The molecule has 2 atom stereocenters. The molecule has 8 heteroatoms. The quantitative estimate of drug-likeness (QED) is 0.112. The van der Waals surface area contributed by atoms with Crippen molar-refractivity contribution in [2.45, 2.75) is 11.8 Å². The zero-order valence-corrected chi connectivity index (χ0v) is 53.9. The third-order valence-corrected chi connectivity index (χ3v) is 24.3. The molecule has 0 fully saturated rings. The molecule has 0 radical (unpaired) electrons. The van der Waals surface area contributed by atoms with Crippen molar-refractivity contribution >= 4 is 134 Å². The van der Waals surface area contributed by atoms with Crippen LogP contribution >= 0.6 is 0 Å². The van der Waals surface area contributed by atoms with Crippen LogP contribution in [0.15, 0.2) is 303 Å². The Morgan fingerprint density at radius 3 is 0.968 bits per heavy atom. The molecule has 438 valence electrons. The second kappa shape index (κ2) is 21.2. The average molecular weight is 1330 g/mol. The summed E-state index contributed by atoms with van der Waals surface area (Å²) < 4.78 is 5.59. The molecule has 2 aliphatic rings. The van der Waals surface area contributed by atoms with Crippen molar-refractivity contribution in [2.75, 3.05) is 9.80 Å². The average Bonchev–Trinajstić information content (AvgIpc) is 1.02. The molecule has 0 saturated heterocycles. The fourth-order valence-corrected chi connectivity index (χ4v) is 20.0. The number of benzene rings is 14. The van der Waals surface area contributed by atoms with Crippen LogP contribution < -0.4 is 9.80 Å². The maximum atomic E-state index is 5.61. The van der Waals surface area contributed by atoms with E-state index in [1.165, 1.54) is 82.0 Å². The Kier molecular flexibility index (Phi) is 12.1. The Morgan fingerprint density at radius 1 is 0.234 bits per heavy atom. The van der Waals surface area contributed by atoms with Crippen molar-refractivity contribution in [3.05, 3.63) is 337 Å². The van der Waals surface area contributed by atoms with E-state index in [1.807, 2.05) is 0 Å². The summed E-state index contributed by atoms with van der Waals surface area (Å²) >= 11 is 0.229. The van der Waals surface area contributed by atoms with E-state index in [2.05, 4.69) is 313 Å². The number of para-hydroxylation sites is 2. The van der Waals surface area contributed by atoms with Gasteiger partial charge >= 0.3 is 558 Å². The van der Waals surface area contributed by atoms with Gasteiger partial charge in [-0.1, -0.05) is 0 Å². The zero-order valence-electron chi connectivity index (χ0n) is 50.5. The minimum atomic E-state index is -0.279. The molecule has 2 aliphatic heterocycles. The predicted molar refractivity (Wildman–Crippen MR) is 391 cm³/mol. The van der Waals surface area contributed by atoms with Gasteiger partial charge in [-0.15, -0.1) is 0 Å². The number of hydrogen-bond donors (Lipinski definition) is 0. The van der Waals surface area contributed by atoms with Gasteiger partial charge in [0.15, 0.2) is 0 Å². The minimum absolute atomic E-state index is 0.115. The van der Waals surface area contributed by atoms with E-state index in [1.54, 1.807) is 0 Å². The van der Waals surface area contributed by atoms with E-state index in [0.29, 0.717) is 0 Å². The molecule has 94 heavy (non-hydrogen) atoms. The Morgan fingerprint density at radius 2 is 0.574 bits per heavy atom. The van der Waals surface area contributed by atoms with Gasteiger partial charge in [-0.05, 0) is 0 Å². The van der Waals surface area contributed by atoms with Crippen LogP contribution in [0.3, 0.4) is 0 Å². The van der Waals surface area contributed by atoms with Crippen molar-refractivity contribution < 1.29 is 0 Å². The van der Waals surface area contributed by atoms with Gasteiger partial charge in [-0.25, -0.2) is 0 Å². The molecule has 0 spiro atoms. The normalized spacial score (nSPS) is 14.3. The first kappa shape index (κ1) is 53.6. The Hall–Kier alpha value is -11.1. The number of anilines is 6. The van der Waals surface area contributed by atoms with Crippen molar-refractivity contribution in [3.8, 4) is 45.0 Å². The van der Waals surface area contributed by atoms with E-state index in [-0.39, 0.29) is 40.8 Å². The van der Waals surface area contributed by atoms with Crippen LogP contribution in [0.2, 0.25) is 0 Å². The summed E-state index contributed by atoms with van der Waals surface area (Å²) in [6.45, 7) is 0. The predicted octanol–water partition coefficient (Wildman–Crippen LogP) is 21.5. The molecule has 0 amide bonds. The monoisotopic (exact) mass is 1330 g/mol. The molecule has 0 bridgehead atoms. The first-order valence-corrected chi connectivity index (χ1v) is 35.4. The summed E-state index contributed by atoms with van der Waals surface area (Å²) in [6, 6.07) is 112. The number of fused-ring (bicyclic) bond motifs is 10. The molecule has 20 rings (SSSR count). The molecule has 4 aromatic heterocycles. The Labute approximate surface area is 553 Å². The molecule has 6 nitrogen and oxygen atoms in total. The van der Waals surface area contributed by atoms with Crippen LogP contribution in [-0.4, -0.2) is 48.9 Å². The maximum absolute atomic E-state index is 5.61. The summed E-state index contributed by atoms with van der Waals surface area (Å²) in [5.74, 6) is 0.999. The molecule has 0 N–H and O–H groups in total. The van der Waals surface area contributed by atoms with Gasteiger partial charge in [0.25, 0.3) is 0 Å². The van der Waals surface area contributed by atoms with Gasteiger partial charge in [0.2, 0.25) is 0 Å². The standard InChI is InChI=1S/C86H52N6Se2/c1-5-21-51(22-6-1)67-47-68(52-23-7-2-8-24-52)88-85(87-67)83-59-31-13-17-33-71(59)91(75-49-79-63(45-65(75)83)57-29-15-19-35-77(57)93-79)73-43-39-55-38-42-62-74(44-40-56-37-41-61(73)81(55)82(56)62)92-72-34-18-14-32-60(72)84(66-46-64-58-30-16-20-36-78(58)94-80(64)50-76(66)92)86-89-69(53-25-9-3-10-26-53)48-70(90-86)54-27-11-4-12-28-54/h1-50,83-84H. The third-order valence-electron chi connectivity index (χ3n) is 19.5. The fourth-order valence-electron chi connectivity index (χ4n) is 15.3. The second-order valence-electron chi connectivity index (χ2n) is 24.7. The van der Waals surface area contributed by atoms with Crippen LogP contribution in [-0.2, 0) is 0 Å². The summed E-state index contributed by atoms with van der Waals surface area (Å²) in [4.78, 5) is 27.6. The summed E-state index contributed by atoms with van der Waals surface area (Å²) in [7, 11) is 0. The van der Waals surface area contributed by atoms with Gasteiger partial charge in [0.05, 0.1) is 0 Å². The Bertz CT molecular complexity index is 5600. The van der Waals surface area contributed by atoms with Crippen molar-refractivity contribution in [1.82, 2.24) is 19.9 Å². The van der Waals surface area contributed by atoms with Gasteiger partial charge in [0.1, 0.15) is 0 Å². The molecule has 18 aromatic rings. The number of nitrogens with zero attached hydrogens (tertiary/aromatic N) is 6. The molecular formula is C86H52N6Se2. The first-order valence-electron chi connectivity index (χ1n) is 32.0. The van der Waals surface area contributed by atoms with Crippen LogP contribution in [0.4, 0.5) is 34.1 Å². The van der Waals surface area contributed by atoms with E-state index < -0.39 is 0 Å². The van der Waals surface area contributed by atoms with Gasteiger partial charge in [-0.2, -0.15) is 0 Å². The SMILES string of the molecule is c1ccc(-c2cc(-c3ccccc3)nc(C3c4ccccc4N(c4ccc5ccc6c(N7c8ccccc8C(c8nc(-c9ccccc9)cc(-c9ccccc9)n8)c8cc9c(cc87)[se]c7ccccc79)ccc7ccc4c5c76)c4cc5[se]c6ccccc6c5cc43)n2)cc1. The van der Waals surface area contributed by atoms with Gasteiger partial charge < -0.3 is 0 Å². The number of hydrogen-bond acceptors (Lipinski definition) is 6. The Balaban J connectivity index is 0.805. The van der Waals surface area contributed by atoms with E-state index in [9.17, 15) is 0 Å². The van der Waals surface area contributed by atoms with Crippen molar-refractivity contribution in [2.24, 2.45) is 0 Å². The number of aromatic nitrogens is 4. The van der Waals surface area contributed by atoms with Gasteiger partial charge in [-0.3, -0.25) is 0 Å². The summed E-state index contributed by atoms with van der Waals surface area (Å²) in [6.07, 6.45) is 0. The molecule has 0 saturated carbocycles. The zero-order chi connectivity index (χ0) is 61.5. The topological polar surface area (TPSA) is 58.0 Å². The summed E-state index contributed by atoms with van der Waals surface area (Å²) in [5.41, 5.74) is 19.4. The number of rotatable bonds is 8. The molecular weight excluding hydrogens is 1270 g/mol. The molecule has 0 aliphatic carbocycles. The van der Waals surface area contributed by atoms with Crippen LogP contribution in [0.5, 0.6) is 0 Å². The van der Waals surface area contributed by atoms with Crippen molar-refractivity contribution in [1.29, 1.82) is 0 Å². The first-order chi connectivity index (χ1) is 46.6. The van der Waals surface area contributed by atoms with Crippen molar-refractivity contribution in [3.63, 3.8) is 0 Å². The molecule has 14 aromatic carbocycles. The van der Waals surface area contributed by atoms with Crippen LogP contribution in [0.1, 0.15) is 45.7 Å². The van der Waals surface area contributed by atoms with Crippen LogP contribution in [0, 0.1) is 0 Å². The van der Waals surface area contributed by atoms with E-state index in [0.717, 1.165) is 102 Å². The third kappa shape index (κ3) is 8.34. The van der Waals surface area contributed by atoms with E-state index >= 15 is 0 Å². The second-order valence-corrected chi connectivity index (χ2v) is 29.3. The fraction of sp³-hybridized carbons (Fsp3) is 0.0233. The molecule has 2 unspecified atom stereocenters.